The van der Waals surface area contributed by atoms with Crippen molar-refractivity contribution in [3.63, 3.8) is 0 Å². The number of nitriles is 1. The van der Waals surface area contributed by atoms with Crippen molar-refractivity contribution in [3.05, 3.63) is 56.1 Å². The lowest BCUT2D eigenvalue weighted by Crippen LogP contribution is -2.03. The van der Waals surface area contributed by atoms with Crippen LogP contribution >= 0.6 is 0 Å². The van der Waals surface area contributed by atoms with Gasteiger partial charge in [0.05, 0.1) is 13.0 Å². The summed E-state index contributed by atoms with van der Waals surface area (Å²) in [5.74, 6) is 0. The lowest BCUT2D eigenvalue weighted by Gasteiger charge is -2.23. The second kappa shape index (κ2) is 5.61. The van der Waals surface area contributed by atoms with Crippen LogP contribution in [-0.2, 0) is 0 Å². The van der Waals surface area contributed by atoms with Gasteiger partial charge in [0.15, 0.2) is 0 Å². The summed E-state index contributed by atoms with van der Waals surface area (Å²) in [6.07, 6.45) is 0. The lowest BCUT2D eigenvalue weighted by atomic mass is 9.81. The van der Waals surface area contributed by atoms with Gasteiger partial charge in [0.25, 0.3) is 0 Å². The molecular formula is C21H25N. The molecule has 114 valence electrons. The van der Waals surface area contributed by atoms with E-state index >= 15 is 0 Å². The van der Waals surface area contributed by atoms with E-state index in [2.05, 4.69) is 47.6 Å². The molecule has 0 heterocycles. The largest absolute Gasteiger partial charge is 0.192 e. The fraction of sp³-hybridized carbons (Fsp3) is 0.381. The van der Waals surface area contributed by atoms with Crippen molar-refractivity contribution in [2.24, 2.45) is 0 Å². The van der Waals surface area contributed by atoms with Crippen molar-refractivity contribution >= 4 is 0 Å². The third-order valence-corrected chi connectivity index (χ3v) is 5.36. The Morgan fingerprint density at radius 1 is 0.682 bits per heavy atom. The fourth-order valence-corrected chi connectivity index (χ4v) is 3.36. The van der Waals surface area contributed by atoms with Gasteiger partial charge in [-0.2, -0.15) is 5.26 Å². The third-order valence-electron chi connectivity index (χ3n) is 5.36. The highest BCUT2D eigenvalue weighted by molar-refractivity contribution is 5.80. The van der Waals surface area contributed by atoms with Crippen LogP contribution in [0.5, 0.6) is 0 Å². The summed E-state index contributed by atoms with van der Waals surface area (Å²) in [4.78, 5) is 0. The van der Waals surface area contributed by atoms with Gasteiger partial charge in [0.1, 0.15) is 0 Å². The molecule has 22 heavy (non-hydrogen) atoms. The molecule has 0 aliphatic heterocycles. The van der Waals surface area contributed by atoms with Crippen LogP contribution in [0.25, 0.3) is 11.1 Å². The van der Waals surface area contributed by atoms with Crippen LogP contribution in [0.15, 0.2) is 6.04 Å². The monoisotopic (exact) mass is 292 g/mol. The molecule has 2 aromatic rings. The van der Waals surface area contributed by atoms with Crippen molar-refractivity contribution in [2.45, 2.75) is 55.4 Å². The van der Waals surface area contributed by atoms with Gasteiger partial charge in [0.2, 0.25) is 0 Å². The molecule has 0 saturated carbocycles. The molecule has 0 bridgehead atoms. The van der Waals surface area contributed by atoms with Gasteiger partial charge in [-0.05, 0) is 117 Å². The second-order valence-corrected chi connectivity index (χ2v) is 6.36. The topological polar surface area (TPSA) is 23.8 Å². The van der Waals surface area contributed by atoms with Crippen molar-refractivity contribution in [1.82, 2.24) is 0 Å². The van der Waals surface area contributed by atoms with E-state index in [0.717, 1.165) is 22.3 Å². The van der Waals surface area contributed by atoms with Crippen LogP contribution in [0.2, 0.25) is 0 Å². The summed E-state index contributed by atoms with van der Waals surface area (Å²) >= 11 is 0. The quantitative estimate of drug-likeness (QED) is 0.662. The molecule has 0 aliphatic carbocycles. The molecule has 0 N–H and O–H groups in total. The van der Waals surface area contributed by atoms with E-state index in [1.54, 1.807) is 0 Å². The summed E-state index contributed by atoms with van der Waals surface area (Å²) < 4.78 is 8.39. The summed E-state index contributed by atoms with van der Waals surface area (Å²) in [6, 6.07) is 2.56. The molecular weight excluding hydrogens is 266 g/mol. The highest BCUT2D eigenvalue weighted by Crippen LogP contribution is 2.39. The van der Waals surface area contributed by atoms with Crippen LogP contribution in [0, 0.1) is 66.7 Å². The van der Waals surface area contributed by atoms with Crippen LogP contribution in [0.3, 0.4) is 0 Å². The summed E-state index contributed by atoms with van der Waals surface area (Å²) in [6.45, 7) is 16.8. The van der Waals surface area contributed by atoms with Crippen LogP contribution in [0.4, 0.5) is 0 Å². The Hall–Kier alpha value is -2.07. The smallest absolute Gasteiger partial charge is 0.0994 e. The first kappa shape index (κ1) is 14.9. The number of rotatable bonds is 1. The zero-order valence-electron chi connectivity index (χ0n) is 15.9. The summed E-state index contributed by atoms with van der Waals surface area (Å²) in [7, 11) is 0. The van der Waals surface area contributed by atoms with Gasteiger partial charge >= 0.3 is 0 Å². The minimum atomic E-state index is 0.361. The Balaban J connectivity index is 3.05. The molecule has 0 amide bonds. The SMILES string of the molecule is [2H]c1c(C)c(-c2c(C)c(C)c(C)c(C)c2C)c(C)c(C)c1C#N. The van der Waals surface area contributed by atoms with E-state index in [1.807, 2.05) is 13.8 Å². The van der Waals surface area contributed by atoms with Crippen molar-refractivity contribution in [2.75, 3.05) is 0 Å². The average Bonchev–Trinajstić information content (AvgIpc) is 2.53. The van der Waals surface area contributed by atoms with Gasteiger partial charge in [-0.3, -0.25) is 0 Å². The van der Waals surface area contributed by atoms with E-state index < -0.39 is 0 Å². The van der Waals surface area contributed by atoms with Crippen LogP contribution in [0.1, 0.15) is 51.4 Å². The van der Waals surface area contributed by atoms with E-state index in [-0.39, 0.29) is 0 Å². The first-order chi connectivity index (χ1) is 10.6. The molecule has 0 atom stereocenters. The van der Waals surface area contributed by atoms with E-state index in [0.29, 0.717) is 11.6 Å². The third kappa shape index (κ3) is 2.24. The van der Waals surface area contributed by atoms with Gasteiger partial charge in [0, 0.05) is 0 Å². The molecule has 0 spiro atoms. The highest BCUT2D eigenvalue weighted by Gasteiger charge is 2.19. The number of benzene rings is 2. The normalized spacial score (nSPS) is 11.3. The van der Waals surface area contributed by atoms with E-state index in [9.17, 15) is 5.26 Å². The molecule has 1 heteroatoms. The van der Waals surface area contributed by atoms with E-state index in [4.69, 9.17) is 1.37 Å². The molecule has 0 aromatic heterocycles. The molecule has 1 nitrogen and oxygen atoms in total. The Morgan fingerprint density at radius 3 is 1.55 bits per heavy atom. The Morgan fingerprint density at radius 2 is 1.09 bits per heavy atom. The minimum absolute atomic E-state index is 0.361. The van der Waals surface area contributed by atoms with Gasteiger partial charge in [-0.25, -0.2) is 0 Å². The standard InChI is InChI=1S/C21H25N/c1-11-9-19(10-22)15(5)18(8)20(11)21-16(6)13(3)12(2)14(4)17(21)7/h9H,1-8H3/i9D. The predicted molar refractivity (Wildman–Crippen MR) is 94.5 cm³/mol. The zero-order valence-corrected chi connectivity index (χ0v) is 14.9. The molecule has 0 unspecified atom stereocenters. The summed E-state index contributed by atoms with van der Waals surface area (Å²) in [5, 5.41) is 9.37. The Kier molecular flexibility index (Phi) is 3.79. The maximum Gasteiger partial charge on any atom is 0.0994 e. The van der Waals surface area contributed by atoms with Crippen LogP contribution in [-0.4, -0.2) is 0 Å². The Labute approximate surface area is 136 Å². The minimum Gasteiger partial charge on any atom is -0.192 e. The van der Waals surface area contributed by atoms with Crippen molar-refractivity contribution < 1.29 is 1.37 Å². The Bertz CT molecular complexity index is 809. The molecule has 2 rings (SSSR count). The molecule has 0 radical (unpaired) electrons. The average molecular weight is 292 g/mol. The molecule has 0 saturated heterocycles. The second-order valence-electron chi connectivity index (χ2n) is 6.36. The number of hydrogen-bond donors (Lipinski definition) is 0. The van der Waals surface area contributed by atoms with Gasteiger partial charge in [-0.15, -0.1) is 0 Å². The predicted octanol–water partition coefficient (Wildman–Crippen LogP) is 5.69. The van der Waals surface area contributed by atoms with Crippen LogP contribution < -0.4 is 0 Å². The fourth-order valence-electron chi connectivity index (χ4n) is 3.36. The maximum atomic E-state index is 9.37. The number of hydrogen-bond acceptors (Lipinski definition) is 1. The van der Waals surface area contributed by atoms with Crippen molar-refractivity contribution in [1.29, 1.82) is 5.26 Å². The van der Waals surface area contributed by atoms with Gasteiger partial charge < -0.3 is 0 Å². The number of nitrogens with zero attached hydrogens (tertiary/aromatic N) is 1. The van der Waals surface area contributed by atoms with Crippen molar-refractivity contribution in [3.8, 4) is 17.2 Å². The van der Waals surface area contributed by atoms with E-state index in [1.165, 1.54) is 33.4 Å². The summed E-state index contributed by atoms with van der Waals surface area (Å²) in [5.41, 5.74) is 12.3. The zero-order chi connectivity index (χ0) is 17.6. The first-order valence-corrected chi connectivity index (χ1v) is 7.72. The highest BCUT2D eigenvalue weighted by atomic mass is 14.3. The van der Waals surface area contributed by atoms with Gasteiger partial charge in [-0.1, -0.05) is 0 Å². The molecule has 2 aromatic carbocycles. The maximum absolute atomic E-state index is 9.37. The molecule has 0 fully saturated rings. The molecule has 0 aliphatic rings. The lowest BCUT2D eigenvalue weighted by molar-refractivity contribution is 1.17. The first-order valence-electron chi connectivity index (χ1n) is 8.22.